The van der Waals surface area contributed by atoms with Gasteiger partial charge in [0.25, 0.3) is 5.91 Å². The lowest BCUT2D eigenvalue weighted by molar-refractivity contribution is -0.137. The minimum atomic E-state index is -1.02. The SMILES string of the molecule is CCCN(CC(=O)O)C(=O)c1cc(C)nnc1CC. The van der Waals surface area contributed by atoms with E-state index >= 15 is 0 Å². The summed E-state index contributed by atoms with van der Waals surface area (Å²) in [5, 5.41) is 16.8. The zero-order chi connectivity index (χ0) is 14.4. The van der Waals surface area contributed by atoms with E-state index in [0.717, 1.165) is 0 Å². The van der Waals surface area contributed by atoms with Gasteiger partial charge < -0.3 is 10.0 Å². The second-order valence-corrected chi connectivity index (χ2v) is 4.32. The Hall–Kier alpha value is -1.98. The van der Waals surface area contributed by atoms with Crippen LogP contribution in [0.5, 0.6) is 0 Å². The molecule has 6 heteroatoms. The molecule has 6 nitrogen and oxygen atoms in total. The Labute approximate surface area is 112 Å². The number of aliphatic carboxylic acids is 1. The monoisotopic (exact) mass is 265 g/mol. The van der Waals surface area contributed by atoms with Gasteiger partial charge in [-0.1, -0.05) is 13.8 Å². The van der Waals surface area contributed by atoms with E-state index in [9.17, 15) is 9.59 Å². The predicted octanol–water partition coefficient (Wildman–Crippen LogP) is 1.28. The van der Waals surface area contributed by atoms with Crippen LogP contribution < -0.4 is 0 Å². The average molecular weight is 265 g/mol. The fraction of sp³-hybridized carbons (Fsp3) is 0.538. The maximum Gasteiger partial charge on any atom is 0.323 e. The molecule has 0 aliphatic heterocycles. The summed E-state index contributed by atoms with van der Waals surface area (Å²) in [7, 11) is 0. The van der Waals surface area contributed by atoms with Crippen molar-refractivity contribution in [2.45, 2.75) is 33.6 Å². The molecule has 1 aromatic rings. The molecule has 0 atom stereocenters. The van der Waals surface area contributed by atoms with Crippen LogP contribution in [-0.4, -0.2) is 45.2 Å². The van der Waals surface area contributed by atoms with Crippen molar-refractivity contribution < 1.29 is 14.7 Å². The van der Waals surface area contributed by atoms with Crippen molar-refractivity contribution in [2.24, 2.45) is 0 Å². The lowest BCUT2D eigenvalue weighted by atomic mass is 10.1. The number of aryl methyl sites for hydroxylation is 2. The summed E-state index contributed by atoms with van der Waals surface area (Å²) in [5.74, 6) is -1.31. The molecule has 0 bridgehead atoms. The zero-order valence-corrected chi connectivity index (χ0v) is 11.5. The molecule has 0 aromatic carbocycles. The van der Waals surface area contributed by atoms with Crippen LogP contribution in [0.15, 0.2) is 6.07 Å². The fourth-order valence-electron chi connectivity index (χ4n) is 1.82. The molecule has 1 N–H and O–H groups in total. The smallest absolute Gasteiger partial charge is 0.323 e. The highest BCUT2D eigenvalue weighted by molar-refractivity contribution is 5.96. The number of carboxylic acids is 1. The molecule has 1 rings (SSSR count). The van der Waals surface area contributed by atoms with E-state index in [4.69, 9.17) is 5.11 Å². The number of nitrogens with zero attached hydrogens (tertiary/aromatic N) is 3. The van der Waals surface area contributed by atoms with Crippen molar-refractivity contribution in [1.82, 2.24) is 15.1 Å². The summed E-state index contributed by atoms with van der Waals surface area (Å²) >= 11 is 0. The Kier molecular flexibility index (Phi) is 5.41. The Morgan fingerprint density at radius 2 is 2.00 bits per heavy atom. The van der Waals surface area contributed by atoms with E-state index in [-0.39, 0.29) is 12.5 Å². The zero-order valence-electron chi connectivity index (χ0n) is 11.5. The predicted molar refractivity (Wildman–Crippen MR) is 70.0 cm³/mol. The largest absolute Gasteiger partial charge is 0.480 e. The second kappa shape index (κ2) is 6.82. The summed E-state index contributed by atoms with van der Waals surface area (Å²) in [6.45, 7) is 5.66. The first-order valence-electron chi connectivity index (χ1n) is 6.33. The third kappa shape index (κ3) is 4.01. The highest BCUT2D eigenvalue weighted by atomic mass is 16.4. The number of amides is 1. The quantitative estimate of drug-likeness (QED) is 0.837. The summed E-state index contributed by atoms with van der Waals surface area (Å²) in [5.41, 5.74) is 1.69. The van der Waals surface area contributed by atoms with Crippen molar-refractivity contribution in [2.75, 3.05) is 13.1 Å². The third-order valence-electron chi connectivity index (χ3n) is 2.66. The number of hydrogen-bond donors (Lipinski definition) is 1. The maximum atomic E-state index is 12.4. The van der Waals surface area contributed by atoms with E-state index in [1.54, 1.807) is 13.0 Å². The van der Waals surface area contributed by atoms with Crippen LogP contribution in [0.1, 0.15) is 42.0 Å². The van der Waals surface area contributed by atoms with Gasteiger partial charge in [-0.3, -0.25) is 9.59 Å². The van der Waals surface area contributed by atoms with E-state index in [2.05, 4.69) is 10.2 Å². The van der Waals surface area contributed by atoms with Gasteiger partial charge in [-0.05, 0) is 25.8 Å². The Morgan fingerprint density at radius 1 is 1.32 bits per heavy atom. The third-order valence-corrected chi connectivity index (χ3v) is 2.66. The van der Waals surface area contributed by atoms with Crippen LogP contribution in [0, 0.1) is 6.92 Å². The lowest BCUT2D eigenvalue weighted by Crippen LogP contribution is -2.37. The van der Waals surface area contributed by atoms with Gasteiger partial charge >= 0.3 is 5.97 Å². The first-order valence-corrected chi connectivity index (χ1v) is 6.33. The lowest BCUT2D eigenvalue weighted by Gasteiger charge is -2.21. The maximum absolute atomic E-state index is 12.4. The van der Waals surface area contributed by atoms with Gasteiger partial charge in [0, 0.05) is 6.54 Å². The Balaban J connectivity index is 3.07. The number of hydrogen-bond acceptors (Lipinski definition) is 4. The van der Waals surface area contributed by atoms with Crippen LogP contribution >= 0.6 is 0 Å². The highest BCUT2D eigenvalue weighted by Gasteiger charge is 2.21. The summed E-state index contributed by atoms with van der Waals surface area (Å²) in [6.07, 6.45) is 1.29. The average Bonchev–Trinajstić information content (AvgIpc) is 2.37. The first-order chi connectivity index (χ1) is 8.99. The van der Waals surface area contributed by atoms with Crippen molar-refractivity contribution in [3.05, 3.63) is 23.0 Å². The molecule has 0 aliphatic carbocycles. The van der Waals surface area contributed by atoms with Crippen molar-refractivity contribution in [3.8, 4) is 0 Å². The minimum absolute atomic E-state index is 0.292. The van der Waals surface area contributed by atoms with Gasteiger partial charge in [-0.25, -0.2) is 0 Å². The number of carbonyl (C=O) groups is 2. The standard InChI is InChI=1S/C13H19N3O3/c1-4-6-16(8-12(17)18)13(19)10-7-9(3)14-15-11(10)5-2/h7H,4-6,8H2,1-3H3,(H,17,18). The van der Waals surface area contributed by atoms with Gasteiger partial charge in [0.05, 0.1) is 17.0 Å². The van der Waals surface area contributed by atoms with E-state index < -0.39 is 5.97 Å². The van der Waals surface area contributed by atoms with Crippen molar-refractivity contribution in [3.63, 3.8) is 0 Å². The highest BCUT2D eigenvalue weighted by Crippen LogP contribution is 2.11. The minimum Gasteiger partial charge on any atom is -0.480 e. The summed E-state index contributed by atoms with van der Waals surface area (Å²) in [4.78, 5) is 24.5. The van der Waals surface area contributed by atoms with Gasteiger partial charge in [0.2, 0.25) is 0 Å². The molecule has 1 aromatic heterocycles. The first kappa shape index (κ1) is 15.1. The van der Waals surface area contributed by atoms with E-state index in [0.29, 0.717) is 36.3 Å². The summed E-state index contributed by atoms with van der Waals surface area (Å²) < 4.78 is 0. The number of carboxylic acid groups (broad SMARTS) is 1. The van der Waals surface area contributed by atoms with Crippen molar-refractivity contribution in [1.29, 1.82) is 0 Å². The van der Waals surface area contributed by atoms with Crippen LogP contribution in [-0.2, 0) is 11.2 Å². The second-order valence-electron chi connectivity index (χ2n) is 4.32. The van der Waals surface area contributed by atoms with E-state index in [1.165, 1.54) is 4.90 Å². The van der Waals surface area contributed by atoms with E-state index in [1.807, 2.05) is 13.8 Å². The molecule has 104 valence electrons. The number of aromatic nitrogens is 2. The molecule has 1 amide bonds. The van der Waals surface area contributed by atoms with Crippen LogP contribution in [0.25, 0.3) is 0 Å². The Morgan fingerprint density at radius 3 is 2.53 bits per heavy atom. The number of carbonyl (C=O) groups excluding carboxylic acids is 1. The molecule has 0 unspecified atom stereocenters. The molecule has 19 heavy (non-hydrogen) atoms. The summed E-state index contributed by atoms with van der Waals surface area (Å²) in [6, 6.07) is 1.67. The molecular formula is C13H19N3O3. The molecule has 1 heterocycles. The molecule has 0 fully saturated rings. The van der Waals surface area contributed by atoms with Gasteiger partial charge in [0.15, 0.2) is 0 Å². The molecule has 0 aliphatic rings. The molecule has 0 spiro atoms. The molecular weight excluding hydrogens is 246 g/mol. The van der Waals surface area contributed by atoms with Gasteiger partial charge in [-0.15, -0.1) is 0 Å². The van der Waals surface area contributed by atoms with Crippen molar-refractivity contribution >= 4 is 11.9 Å². The Bertz CT molecular complexity index is 474. The van der Waals surface area contributed by atoms with Crippen LogP contribution in [0.4, 0.5) is 0 Å². The van der Waals surface area contributed by atoms with Gasteiger partial charge in [0.1, 0.15) is 6.54 Å². The van der Waals surface area contributed by atoms with Crippen LogP contribution in [0.3, 0.4) is 0 Å². The molecule has 0 saturated heterocycles. The number of rotatable bonds is 6. The fourth-order valence-corrected chi connectivity index (χ4v) is 1.82. The topological polar surface area (TPSA) is 83.4 Å². The normalized spacial score (nSPS) is 10.3. The molecule has 0 saturated carbocycles. The van der Waals surface area contributed by atoms with Gasteiger partial charge in [-0.2, -0.15) is 10.2 Å². The van der Waals surface area contributed by atoms with Crippen LogP contribution in [0.2, 0.25) is 0 Å². The molecule has 0 radical (unpaired) electrons.